The van der Waals surface area contributed by atoms with Crippen molar-refractivity contribution in [2.24, 2.45) is 21.7 Å². The molecule has 0 aliphatic carbocycles. The van der Waals surface area contributed by atoms with Gasteiger partial charge in [-0.2, -0.15) is 0 Å². The molecule has 0 heterocycles. The highest BCUT2D eigenvalue weighted by molar-refractivity contribution is 5.88. The normalized spacial score (nSPS) is 13.3. The first-order valence-corrected chi connectivity index (χ1v) is 12.1. The standard InChI is InChI=1S/C26H50O4/c1-11-15-25(16-12-2,21(27)29-19-23(5,6)7)26(17-13-3,18-14-4)22(28)30-20-24(8,9)10/h11-20H2,1-10H3. The summed E-state index contributed by atoms with van der Waals surface area (Å²) in [4.78, 5) is 27.5. The molecule has 0 saturated carbocycles. The molecular formula is C26H50O4. The number of carbonyl (C=O) groups is 2. The number of esters is 2. The van der Waals surface area contributed by atoms with Crippen LogP contribution in [0.3, 0.4) is 0 Å². The van der Waals surface area contributed by atoms with Crippen LogP contribution in [0.4, 0.5) is 0 Å². The second kappa shape index (κ2) is 12.1. The average molecular weight is 427 g/mol. The van der Waals surface area contributed by atoms with Crippen molar-refractivity contribution in [3.05, 3.63) is 0 Å². The molecule has 0 aliphatic heterocycles. The van der Waals surface area contributed by atoms with Crippen LogP contribution in [0, 0.1) is 21.7 Å². The van der Waals surface area contributed by atoms with E-state index in [1.807, 2.05) is 0 Å². The third kappa shape index (κ3) is 7.89. The maximum atomic E-state index is 13.8. The van der Waals surface area contributed by atoms with E-state index >= 15 is 0 Å². The molecule has 0 rings (SSSR count). The van der Waals surface area contributed by atoms with Crippen molar-refractivity contribution in [2.75, 3.05) is 13.2 Å². The zero-order valence-electron chi connectivity index (χ0n) is 21.7. The third-order valence-corrected chi connectivity index (χ3v) is 5.68. The Balaban J connectivity index is 6.47. The number of carbonyl (C=O) groups excluding carboxylic acids is 2. The Bertz CT molecular complexity index is 462. The lowest BCUT2D eigenvalue weighted by molar-refractivity contribution is -0.189. The van der Waals surface area contributed by atoms with Crippen LogP contribution < -0.4 is 0 Å². The predicted molar refractivity (Wildman–Crippen MR) is 125 cm³/mol. The predicted octanol–water partition coefficient (Wildman–Crippen LogP) is 7.34. The number of rotatable bonds is 13. The summed E-state index contributed by atoms with van der Waals surface area (Å²) in [6.45, 7) is 21.4. The summed E-state index contributed by atoms with van der Waals surface area (Å²) in [5, 5.41) is 0. The summed E-state index contributed by atoms with van der Waals surface area (Å²) in [7, 11) is 0. The van der Waals surface area contributed by atoms with E-state index in [2.05, 4.69) is 69.2 Å². The maximum absolute atomic E-state index is 13.8. The Hall–Kier alpha value is -1.06. The van der Waals surface area contributed by atoms with Gasteiger partial charge in [0.25, 0.3) is 0 Å². The fraction of sp³-hybridized carbons (Fsp3) is 0.923. The lowest BCUT2D eigenvalue weighted by Crippen LogP contribution is -2.54. The molecule has 4 nitrogen and oxygen atoms in total. The van der Waals surface area contributed by atoms with Crippen molar-refractivity contribution in [2.45, 2.75) is 121 Å². The van der Waals surface area contributed by atoms with Crippen LogP contribution in [0.5, 0.6) is 0 Å². The monoisotopic (exact) mass is 426 g/mol. The molecule has 4 heteroatoms. The van der Waals surface area contributed by atoms with Gasteiger partial charge in [0.15, 0.2) is 0 Å². The summed E-state index contributed by atoms with van der Waals surface area (Å²) in [6, 6.07) is 0. The molecule has 0 aliphatic rings. The lowest BCUT2D eigenvalue weighted by Gasteiger charge is -2.48. The topological polar surface area (TPSA) is 52.6 Å². The minimum Gasteiger partial charge on any atom is -0.465 e. The summed E-state index contributed by atoms with van der Waals surface area (Å²) in [5.74, 6) is -0.425. The summed E-state index contributed by atoms with van der Waals surface area (Å²) >= 11 is 0. The molecule has 30 heavy (non-hydrogen) atoms. The van der Waals surface area contributed by atoms with E-state index in [1.165, 1.54) is 0 Å². The summed E-state index contributed by atoms with van der Waals surface area (Å²) in [6.07, 6.45) is 5.89. The first-order valence-electron chi connectivity index (χ1n) is 12.1. The van der Waals surface area contributed by atoms with Gasteiger partial charge >= 0.3 is 11.9 Å². The summed E-state index contributed by atoms with van der Waals surface area (Å²) in [5.41, 5.74) is -1.93. The zero-order valence-corrected chi connectivity index (χ0v) is 21.7. The van der Waals surface area contributed by atoms with Crippen molar-refractivity contribution >= 4 is 11.9 Å². The van der Waals surface area contributed by atoms with Crippen LogP contribution in [0.1, 0.15) is 121 Å². The van der Waals surface area contributed by atoms with E-state index in [0.717, 1.165) is 25.7 Å². The summed E-state index contributed by atoms with van der Waals surface area (Å²) < 4.78 is 11.8. The molecule has 0 aromatic carbocycles. The van der Waals surface area contributed by atoms with Crippen molar-refractivity contribution in [3.8, 4) is 0 Å². The minimum atomic E-state index is -0.845. The highest BCUT2D eigenvalue weighted by Crippen LogP contribution is 2.54. The third-order valence-electron chi connectivity index (χ3n) is 5.68. The molecule has 0 unspecified atom stereocenters. The van der Waals surface area contributed by atoms with E-state index in [1.54, 1.807) is 0 Å². The van der Waals surface area contributed by atoms with Crippen LogP contribution >= 0.6 is 0 Å². The molecule has 0 bridgehead atoms. The average Bonchev–Trinajstić information content (AvgIpc) is 2.62. The quantitative estimate of drug-likeness (QED) is 0.289. The Labute approximate surface area is 186 Å². The molecule has 178 valence electrons. The van der Waals surface area contributed by atoms with Crippen molar-refractivity contribution < 1.29 is 19.1 Å². The van der Waals surface area contributed by atoms with Crippen molar-refractivity contribution in [1.82, 2.24) is 0 Å². The van der Waals surface area contributed by atoms with Gasteiger partial charge in [0.2, 0.25) is 0 Å². The van der Waals surface area contributed by atoms with Gasteiger partial charge in [-0.3, -0.25) is 9.59 Å². The van der Waals surface area contributed by atoms with Gasteiger partial charge in [-0.25, -0.2) is 0 Å². The highest BCUT2D eigenvalue weighted by atomic mass is 16.5. The molecular weight excluding hydrogens is 376 g/mol. The molecule has 0 fully saturated rings. The van der Waals surface area contributed by atoms with E-state index < -0.39 is 10.8 Å². The van der Waals surface area contributed by atoms with Gasteiger partial charge in [-0.1, -0.05) is 94.9 Å². The number of hydrogen-bond donors (Lipinski definition) is 0. The van der Waals surface area contributed by atoms with Gasteiger partial charge < -0.3 is 9.47 Å². The first kappa shape index (κ1) is 28.9. The van der Waals surface area contributed by atoms with Gasteiger partial charge in [-0.05, 0) is 36.5 Å². The van der Waals surface area contributed by atoms with Crippen LogP contribution in [0.25, 0.3) is 0 Å². The van der Waals surface area contributed by atoms with Crippen molar-refractivity contribution in [1.29, 1.82) is 0 Å². The van der Waals surface area contributed by atoms with E-state index in [-0.39, 0.29) is 22.8 Å². The first-order chi connectivity index (χ1) is 13.7. The van der Waals surface area contributed by atoms with Crippen LogP contribution in [-0.4, -0.2) is 25.2 Å². The van der Waals surface area contributed by atoms with Gasteiger partial charge in [-0.15, -0.1) is 0 Å². The van der Waals surface area contributed by atoms with E-state index in [9.17, 15) is 9.59 Å². The molecule has 0 aromatic heterocycles. The molecule has 0 spiro atoms. The van der Waals surface area contributed by atoms with Crippen molar-refractivity contribution in [3.63, 3.8) is 0 Å². The molecule has 0 aromatic rings. The Morgan fingerprint density at radius 2 is 0.767 bits per heavy atom. The van der Waals surface area contributed by atoms with E-state index in [0.29, 0.717) is 38.9 Å². The van der Waals surface area contributed by atoms with Crippen LogP contribution in [-0.2, 0) is 19.1 Å². The molecule has 0 saturated heterocycles. The Kier molecular flexibility index (Phi) is 11.7. The Morgan fingerprint density at radius 3 is 0.933 bits per heavy atom. The maximum Gasteiger partial charge on any atom is 0.313 e. The Morgan fingerprint density at radius 1 is 0.533 bits per heavy atom. The fourth-order valence-electron chi connectivity index (χ4n) is 4.55. The lowest BCUT2D eigenvalue weighted by atomic mass is 9.55. The smallest absolute Gasteiger partial charge is 0.313 e. The van der Waals surface area contributed by atoms with Crippen LogP contribution in [0.15, 0.2) is 0 Å². The second-order valence-electron chi connectivity index (χ2n) is 11.4. The fourth-order valence-corrected chi connectivity index (χ4v) is 4.55. The number of ether oxygens (including phenoxy) is 2. The molecule has 0 atom stereocenters. The number of hydrogen-bond acceptors (Lipinski definition) is 4. The molecule has 0 N–H and O–H groups in total. The highest BCUT2D eigenvalue weighted by Gasteiger charge is 2.60. The second-order valence-corrected chi connectivity index (χ2v) is 11.4. The van der Waals surface area contributed by atoms with Gasteiger partial charge in [0, 0.05) is 0 Å². The molecule has 0 radical (unpaired) electrons. The van der Waals surface area contributed by atoms with E-state index in [4.69, 9.17) is 9.47 Å². The SMILES string of the molecule is CCCC(CCC)(C(=O)OCC(C)(C)C)C(CCC)(CCC)C(=O)OCC(C)(C)C. The van der Waals surface area contributed by atoms with Gasteiger partial charge in [0.05, 0.1) is 24.0 Å². The zero-order chi connectivity index (χ0) is 23.6. The minimum absolute atomic E-state index is 0.120. The molecule has 0 amide bonds. The van der Waals surface area contributed by atoms with Crippen LogP contribution in [0.2, 0.25) is 0 Å². The van der Waals surface area contributed by atoms with Gasteiger partial charge in [0.1, 0.15) is 0 Å². The largest absolute Gasteiger partial charge is 0.465 e.